The summed E-state index contributed by atoms with van der Waals surface area (Å²) in [4.78, 5) is 6.94. The molecule has 0 aliphatic carbocycles. The van der Waals surface area contributed by atoms with Crippen LogP contribution in [0.4, 0.5) is 5.69 Å². The Balaban J connectivity index is 2.50. The van der Waals surface area contributed by atoms with E-state index in [-0.39, 0.29) is 0 Å². The van der Waals surface area contributed by atoms with Gasteiger partial charge in [0.25, 0.3) is 5.89 Å². The van der Waals surface area contributed by atoms with Gasteiger partial charge in [-0.3, -0.25) is 0 Å². The highest BCUT2D eigenvalue weighted by molar-refractivity contribution is 5.69. The van der Waals surface area contributed by atoms with Gasteiger partial charge in [-0.1, -0.05) is 35.4 Å². The number of aromatic nitrogens is 2. The van der Waals surface area contributed by atoms with Gasteiger partial charge >= 0.3 is 0 Å². The van der Waals surface area contributed by atoms with E-state index < -0.39 is 0 Å². The summed E-state index contributed by atoms with van der Waals surface area (Å²) in [7, 11) is 0. The lowest BCUT2D eigenvalue weighted by molar-refractivity contribution is 0.423. The average molecular weight is 215 g/mol. The monoisotopic (exact) mass is 215 g/mol. The summed E-state index contributed by atoms with van der Waals surface area (Å²) >= 11 is 0. The van der Waals surface area contributed by atoms with Crippen LogP contribution in [0.25, 0.3) is 21.9 Å². The minimum absolute atomic E-state index is 0.375. The first-order chi connectivity index (χ1) is 7.85. The van der Waals surface area contributed by atoms with E-state index in [9.17, 15) is 0 Å². The van der Waals surface area contributed by atoms with Gasteiger partial charge in [-0.2, -0.15) is 4.98 Å². The van der Waals surface area contributed by atoms with Crippen LogP contribution in [-0.4, -0.2) is 10.1 Å². The van der Waals surface area contributed by atoms with Crippen molar-refractivity contribution < 1.29 is 4.52 Å². The smallest absolute Gasteiger partial charge is 0.258 e. The fraction of sp³-hybridized carbons (Fsp3) is 0.200. The van der Waals surface area contributed by atoms with E-state index in [0.29, 0.717) is 29.4 Å². The third kappa shape index (κ3) is 1.87. The number of hydrogen-bond donors (Lipinski definition) is 0. The summed E-state index contributed by atoms with van der Waals surface area (Å²) in [5, 5.41) is 7.36. The van der Waals surface area contributed by atoms with Gasteiger partial charge in [0.2, 0.25) is 0 Å². The molecule has 0 aliphatic heterocycles. The molecule has 0 saturated carbocycles. The quantitative estimate of drug-likeness (QED) is 0.447. The Morgan fingerprint density at radius 1 is 1.44 bits per heavy atom. The Morgan fingerprint density at radius 2 is 2.25 bits per heavy atom. The molecular formula is C10H9N5O. The standard InChI is InChI=1S/C10H9N5O/c1-2-9-12-10(16-14-9)7-5-3-4-6-8(7)13-15-11/h3-6H,2H2,1H3. The zero-order valence-corrected chi connectivity index (χ0v) is 8.66. The van der Waals surface area contributed by atoms with Gasteiger partial charge in [0.15, 0.2) is 5.82 Å². The summed E-state index contributed by atoms with van der Waals surface area (Å²) in [6.45, 7) is 1.94. The van der Waals surface area contributed by atoms with Gasteiger partial charge < -0.3 is 4.52 Å². The molecule has 1 aromatic carbocycles. The normalized spacial score (nSPS) is 9.81. The second-order valence-corrected chi connectivity index (χ2v) is 3.08. The molecule has 0 amide bonds. The SMILES string of the molecule is CCc1noc(-c2ccccc2N=[N+]=[N-])n1. The van der Waals surface area contributed by atoms with Crippen molar-refractivity contribution in [2.24, 2.45) is 5.11 Å². The van der Waals surface area contributed by atoms with Crippen molar-refractivity contribution in [2.75, 3.05) is 0 Å². The number of azide groups is 1. The van der Waals surface area contributed by atoms with E-state index >= 15 is 0 Å². The van der Waals surface area contributed by atoms with Crippen molar-refractivity contribution in [3.05, 3.63) is 40.5 Å². The molecule has 0 spiro atoms. The van der Waals surface area contributed by atoms with E-state index in [1.165, 1.54) is 0 Å². The summed E-state index contributed by atoms with van der Waals surface area (Å²) in [5.41, 5.74) is 9.56. The maximum Gasteiger partial charge on any atom is 0.258 e. The molecule has 1 aromatic heterocycles. The summed E-state index contributed by atoms with van der Waals surface area (Å²) < 4.78 is 5.08. The molecular weight excluding hydrogens is 206 g/mol. The zero-order chi connectivity index (χ0) is 11.4. The lowest BCUT2D eigenvalue weighted by Crippen LogP contribution is -1.82. The summed E-state index contributed by atoms with van der Waals surface area (Å²) in [6, 6.07) is 7.08. The molecule has 80 valence electrons. The zero-order valence-electron chi connectivity index (χ0n) is 8.66. The van der Waals surface area contributed by atoms with Crippen LogP contribution in [0.15, 0.2) is 33.9 Å². The molecule has 0 fully saturated rings. The van der Waals surface area contributed by atoms with E-state index in [1.807, 2.05) is 13.0 Å². The van der Waals surface area contributed by atoms with Crippen LogP contribution in [-0.2, 0) is 6.42 Å². The van der Waals surface area contributed by atoms with Crippen LogP contribution in [0, 0.1) is 0 Å². The highest BCUT2D eigenvalue weighted by atomic mass is 16.5. The Kier molecular flexibility index (Phi) is 2.84. The van der Waals surface area contributed by atoms with Crippen molar-refractivity contribution in [2.45, 2.75) is 13.3 Å². The number of aryl methyl sites for hydroxylation is 1. The van der Waals surface area contributed by atoms with Gasteiger partial charge in [0.05, 0.1) is 5.69 Å². The molecule has 2 rings (SSSR count). The van der Waals surface area contributed by atoms with Crippen LogP contribution in [0.1, 0.15) is 12.7 Å². The molecule has 0 saturated heterocycles. The highest BCUT2D eigenvalue weighted by Gasteiger charge is 2.10. The van der Waals surface area contributed by atoms with E-state index in [0.717, 1.165) is 0 Å². The number of benzene rings is 1. The number of nitrogens with zero attached hydrogens (tertiary/aromatic N) is 5. The molecule has 0 aliphatic rings. The van der Waals surface area contributed by atoms with Crippen molar-refractivity contribution in [3.63, 3.8) is 0 Å². The fourth-order valence-corrected chi connectivity index (χ4v) is 1.30. The van der Waals surface area contributed by atoms with Crippen LogP contribution < -0.4 is 0 Å². The summed E-state index contributed by atoms with van der Waals surface area (Å²) in [5.74, 6) is 1.01. The van der Waals surface area contributed by atoms with Gasteiger partial charge in [-0.05, 0) is 11.6 Å². The second kappa shape index (κ2) is 4.46. The van der Waals surface area contributed by atoms with Gasteiger partial charge in [-0.25, -0.2) is 0 Å². The highest BCUT2D eigenvalue weighted by Crippen LogP contribution is 2.28. The van der Waals surface area contributed by atoms with E-state index in [4.69, 9.17) is 10.1 Å². The third-order valence-corrected chi connectivity index (χ3v) is 2.07. The summed E-state index contributed by atoms with van der Waals surface area (Å²) in [6.07, 6.45) is 0.702. The maximum atomic E-state index is 8.43. The number of hydrogen-bond acceptors (Lipinski definition) is 4. The first-order valence-corrected chi connectivity index (χ1v) is 4.82. The van der Waals surface area contributed by atoms with Crippen molar-refractivity contribution in [1.29, 1.82) is 0 Å². The fourth-order valence-electron chi connectivity index (χ4n) is 1.30. The number of rotatable bonds is 3. The lowest BCUT2D eigenvalue weighted by atomic mass is 10.2. The predicted molar refractivity (Wildman–Crippen MR) is 57.9 cm³/mol. The third-order valence-electron chi connectivity index (χ3n) is 2.07. The molecule has 6 heteroatoms. The van der Waals surface area contributed by atoms with Crippen molar-refractivity contribution in [3.8, 4) is 11.5 Å². The first kappa shape index (κ1) is 10.2. The second-order valence-electron chi connectivity index (χ2n) is 3.08. The Labute approximate surface area is 91.5 Å². The minimum Gasteiger partial charge on any atom is -0.334 e. The molecule has 0 radical (unpaired) electrons. The molecule has 0 N–H and O–H groups in total. The lowest BCUT2D eigenvalue weighted by Gasteiger charge is -1.97. The predicted octanol–water partition coefficient (Wildman–Crippen LogP) is 3.24. The molecule has 16 heavy (non-hydrogen) atoms. The largest absolute Gasteiger partial charge is 0.334 e. The maximum absolute atomic E-state index is 8.43. The Bertz CT molecular complexity index is 542. The Hall–Kier alpha value is -2.33. The molecule has 0 atom stereocenters. The Morgan fingerprint density at radius 3 is 2.94 bits per heavy atom. The topological polar surface area (TPSA) is 87.7 Å². The van der Waals surface area contributed by atoms with Crippen LogP contribution in [0.2, 0.25) is 0 Å². The first-order valence-electron chi connectivity index (χ1n) is 4.82. The van der Waals surface area contributed by atoms with Gasteiger partial charge in [0, 0.05) is 16.9 Å². The van der Waals surface area contributed by atoms with Crippen LogP contribution in [0.5, 0.6) is 0 Å². The van der Waals surface area contributed by atoms with E-state index in [2.05, 4.69) is 20.2 Å². The van der Waals surface area contributed by atoms with Crippen molar-refractivity contribution in [1.82, 2.24) is 10.1 Å². The molecule has 1 heterocycles. The van der Waals surface area contributed by atoms with Gasteiger partial charge in [0.1, 0.15) is 0 Å². The molecule has 2 aromatic rings. The van der Waals surface area contributed by atoms with Gasteiger partial charge in [-0.15, -0.1) is 0 Å². The van der Waals surface area contributed by atoms with Crippen LogP contribution in [0.3, 0.4) is 0 Å². The molecule has 0 unspecified atom stereocenters. The van der Waals surface area contributed by atoms with Crippen LogP contribution >= 0.6 is 0 Å². The minimum atomic E-state index is 0.375. The average Bonchev–Trinajstić information content (AvgIpc) is 2.79. The molecule has 6 nitrogen and oxygen atoms in total. The van der Waals surface area contributed by atoms with Crippen molar-refractivity contribution >= 4 is 5.69 Å². The molecule has 0 bridgehead atoms. The van der Waals surface area contributed by atoms with E-state index in [1.54, 1.807) is 18.2 Å².